The van der Waals surface area contributed by atoms with Gasteiger partial charge in [-0.15, -0.1) is 0 Å². The van der Waals surface area contributed by atoms with E-state index in [1.54, 1.807) is 13.8 Å². The first-order chi connectivity index (χ1) is 12.9. The van der Waals surface area contributed by atoms with Crippen molar-refractivity contribution in [1.82, 2.24) is 15.5 Å². The predicted octanol–water partition coefficient (Wildman–Crippen LogP) is 1.10. The lowest BCUT2D eigenvalue weighted by molar-refractivity contribution is -0.150. The molecule has 28 heavy (non-hydrogen) atoms. The fraction of sp³-hybridized carbons (Fsp3) is 0.789. The molecule has 2 fully saturated rings. The second-order valence-corrected chi connectivity index (χ2v) is 8.61. The Balaban J connectivity index is 2.18. The van der Waals surface area contributed by atoms with Crippen LogP contribution < -0.4 is 10.6 Å². The second-order valence-electron chi connectivity index (χ2n) is 8.61. The maximum atomic E-state index is 13.3. The minimum Gasteiger partial charge on any atom is -0.467 e. The van der Waals surface area contributed by atoms with E-state index in [4.69, 9.17) is 9.47 Å². The normalized spacial score (nSPS) is 24.4. The second kappa shape index (κ2) is 7.60. The molecule has 0 aromatic heterocycles. The number of fused-ring (bicyclic) bond motifs is 2. The first-order valence-electron chi connectivity index (χ1n) is 9.52. The maximum Gasteiger partial charge on any atom is 0.410 e. The van der Waals surface area contributed by atoms with Crippen LogP contribution in [0.25, 0.3) is 0 Å². The minimum atomic E-state index is -1.30. The molecule has 2 aliphatic rings. The van der Waals surface area contributed by atoms with Gasteiger partial charge in [-0.25, -0.2) is 9.59 Å². The monoisotopic (exact) mass is 397 g/mol. The van der Waals surface area contributed by atoms with Crippen LogP contribution >= 0.6 is 0 Å². The van der Waals surface area contributed by atoms with Gasteiger partial charge < -0.3 is 20.1 Å². The fourth-order valence-electron chi connectivity index (χ4n) is 4.12. The highest BCUT2D eigenvalue weighted by Crippen LogP contribution is 2.44. The Kier molecular flexibility index (Phi) is 5.96. The first-order valence-corrected chi connectivity index (χ1v) is 9.52. The number of carbonyl (C=O) groups excluding carboxylic acids is 4. The van der Waals surface area contributed by atoms with Gasteiger partial charge in [-0.3, -0.25) is 14.5 Å². The zero-order valence-corrected chi connectivity index (χ0v) is 17.5. The predicted molar refractivity (Wildman–Crippen MR) is 100 cm³/mol. The van der Waals surface area contributed by atoms with E-state index >= 15 is 0 Å². The molecule has 2 atom stereocenters. The van der Waals surface area contributed by atoms with Gasteiger partial charge in [-0.2, -0.15) is 0 Å². The molecule has 2 aliphatic heterocycles. The molecule has 3 amide bonds. The van der Waals surface area contributed by atoms with Crippen LogP contribution in [0.5, 0.6) is 0 Å². The number of methoxy groups -OCH3 is 2. The summed E-state index contributed by atoms with van der Waals surface area (Å²) >= 11 is 0. The van der Waals surface area contributed by atoms with E-state index < -0.39 is 34.6 Å². The molecule has 2 bridgehead atoms. The first kappa shape index (κ1) is 22.0. The lowest BCUT2D eigenvalue weighted by Crippen LogP contribution is -2.67. The highest BCUT2D eigenvalue weighted by molar-refractivity contribution is 5.98. The molecule has 9 heteroatoms. The van der Waals surface area contributed by atoms with Crippen molar-refractivity contribution in [1.29, 1.82) is 0 Å². The summed E-state index contributed by atoms with van der Waals surface area (Å²) in [5.41, 5.74) is -3.55. The van der Waals surface area contributed by atoms with Gasteiger partial charge in [-0.1, -0.05) is 0 Å². The Morgan fingerprint density at radius 3 is 2.14 bits per heavy atom. The largest absolute Gasteiger partial charge is 0.467 e. The number of hydrogen-bond donors (Lipinski definition) is 2. The van der Waals surface area contributed by atoms with E-state index in [9.17, 15) is 19.2 Å². The fourth-order valence-corrected chi connectivity index (χ4v) is 4.12. The van der Waals surface area contributed by atoms with Crippen molar-refractivity contribution in [3.05, 3.63) is 0 Å². The zero-order chi connectivity index (χ0) is 21.3. The molecule has 0 aromatic rings. The van der Waals surface area contributed by atoms with Crippen molar-refractivity contribution in [3.63, 3.8) is 0 Å². The highest BCUT2D eigenvalue weighted by atomic mass is 16.5. The van der Waals surface area contributed by atoms with Crippen LogP contribution in [-0.4, -0.2) is 65.7 Å². The molecule has 2 saturated heterocycles. The van der Waals surface area contributed by atoms with Gasteiger partial charge >= 0.3 is 12.1 Å². The van der Waals surface area contributed by atoms with Crippen LogP contribution in [0.3, 0.4) is 0 Å². The third-order valence-electron chi connectivity index (χ3n) is 5.75. The number of esters is 1. The van der Waals surface area contributed by atoms with Crippen molar-refractivity contribution in [2.75, 3.05) is 14.2 Å². The van der Waals surface area contributed by atoms with E-state index in [0.29, 0.717) is 12.8 Å². The average Bonchev–Trinajstić information content (AvgIpc) is 2.85. The molecular weight excluding hydrogens is 366 g/mol. The quantitative estimate of drug-likeness (QED) is 0.672. The molecule has 0 saturated carbocycles. The van der Waals surface area contributed by atoms with Gasteiger partial charge in [-0.05, 0) is 59.8 Å². The Morgan fingerprint density at radius 2 is 1.57 bits per heavy atom. The van der Waals surface area contributed by atoms with Crippen molar-refractivity contribution >= 4 is 23.9 Å². The van der Waals surface area contributed by atoms with Crippen molar-refractivity contribution in [3.8, 4) is 0 Å². The van der Waals surface area contributed by atoms with E-state index in [1.165, 1.54) is 33.0 Å². The number of rotatable bonds is 5. The smallest absolute Gasteiger partial charge is 0.410 e. The van der Waals surface area contributed by atoms with Gasteiger partial charge in [0.15, 0.2) is 0 Å². The number of nitrogens with zero attached hydrogens (tertiary/aromatic N) is 1. The number of nitrogens with one attached hydrogen (secondary N) is 2. The molecule has 1 unspecified atom stereocenters. The van der Waals surface area contributed by atoms with Crippen LogP contribution in [0.4, 0.5) is 4.79 Å². The molecule has 0 spiro atoms. The van der Waals surface area contributed by atoms with Crippen molar-refractivity contribution < 1.29 is 28.7 Å². The summed E-state index contributed by atoms with van der Waals surface area (Å²) in [6.45, 7) is 6.16. The van der Waals surface area contributed by atoms with Crippen LogP contribution in [0.2, 0.25) is 0 Å². The summed E-state index contributed by atoms with van der Waals surface area (Å²) in [5.74, 6) is -1.50. The van der Waals surface area contributed by atoms with Crippen LogP contribution in [0.15, 0.2) is 0 Å². The van der Waals surface area contributed by atoms with E-state index in [-0.39, 0.29) is 11.9 Å². The summed E-state index contributed by atoms with van der Waals surface area (Å²) in [4.78, 5) is 51.7. The third kappa shape index (κ3) is 3.79. The van der Waals surface area contributed by atoms with E-state index in [1.807, 2.05) is 0 Å². The van der Waals surface area contributed by atoms with Crippen molar-refractivity contribution in [2.24, 2.45) is 0 Å². The number of piperidine rings is 1. The summed E-state index contributed by atoms with van der Waals surface area (Å²) in [6.07, 6.45) is 2.92. The summed E-state index contributed by atoms with van der Waals surface area (Å²) in [5, 5.41) is 5.39. The highest BCUT2D eigenvalue weighted by Gasteiger charge is 2.57. The van der Waals surface area contributed by atoms with Gasteiger partial charge in [0, 0.05) is 6.04 Å². The summed E-state index contributed by atoms with van der Waals surface area (Å²) < 4.78 is 9.60. The lowest BCUT2D eigenvalue weighted by atomic mass is 9.86. The maximum absolute atomic E-state index is 13.3. The Bertz CT molecular complexity index is 671. The third-order valence-corrected chi connectivity index (χ3v) is 5.75. The Morgan fingerprint density at radius 1 is 0.929 bits per heavy atom. The Labute approximate surface area is 165 Å². The molecule has 9 nitrogen and oxygen atoms in total. The van der Waals surface area contributed by atoms with Gasteiger partial charge in [0.2, 0.25) is 11.8 Å². The molecular formula is C19H31N3O6. The van der Waals surface area contributed by atoms with Gasteiger partial charge in [0.05, 0.1) is 14.2 Å². The number of hydrogen-bond acceptors (Lipinski definition) is 6. The van der Waals surface area contributed by atoms with Crippen molar-refractivity contribution in [2.45, 2.75) is 82.5 Å². The summed E-state index contributed by atoms with van der Waals surface area (Å²) in [7, 11) is 2.54. The summed E-state index contributed by atoms with van der Waals surface area (Å²) in [6, 6.07) is -0.0258. The average molecular weight is 397 g/mol. The zero-order valence-electron chi connectivity index (χ0n) is 17.5. The van der Waals surface area contributed by atoms with Crippen LogP contribution in [0, 0.1) is 0 Å². The van der Waals surface area contributed by atoms with Gasteiger partial charge in [0.25, 0.3) is 0 Å². The topological polar surface area (TPSA) is 114 Å². The SMILES string of the molecule is COC(=O)N1C2CCC[C@]1(C(=O)NC(C)(C)C(=O)NC(C)(C)C(=O)OC)CC2. The van der Waals surface area contributed by atoms with E-state index in [0.717, 1.165) is 19.3 Å². The van der Waals surface area contributed by atoms with E-state index in [2.05, 4.69) is 10.6 Å². The molecule has 2 rings (SSSR count). The standard InChI is InChI=1S/C19H31N3O6/c1-17(2,13(23)20-18(3,4)15(25)27-5)21-14(24)19-10-7-8-12(9-11-19)22(19)16(26)28-6/h12H,7-11H2,1-6H3,(H,20,23)(H,21,24)/t12?,19-/m1/s1. The number of ether oxygens (including phenoxy) is 2. The van der Waals surface area contributed by atoms with Crippen LogP contribution in [0.1, 0.15) is 59.8 Å². The van der Waals surface area contributed by atoms with Crippen LogP contribution in [-0.2, 0) is 23.9 Å². The minimum absolute atomic E-state index is 0.0258. The number of carbonyl (C=O) groups is 4. The molecule has 0 aliphatic carbocycles. The molecule has 158 valence electrons. The molecule has 0 aromatic carbocycles. The molecule has 0 radical (unpaired) electrons. The number of amides is 3. The molecule has 2 heterocycles. The molecule has 2 N–H and O–H groups in total. The Hall–Kier alpha value is -2.32. The van der Waals surface area contributed by atoms with Gasteiger partial charge in [0.1, 0.15) is 16.6 Å². The lowest BCUT2D eigenvalue weighted by Gasteiger charge is -2.44.